The molecule has 0 saturated carbocycles. The third kappa shape index (κ3) is 3.64. The van der Waals surface area contributed by atoms with Crippen LogP contribution in [-0.2, 0) is 22.6 Å². The maximum absolute atomic E-state index is 13.2. The predicted octanol–water partition coefficient (Wildman–Crippen LogP) is 2.87. The maximum Gasteiger partial charge on any atom is 0.228 e. The van der Waals surface area contributed by atoms with E-state index < -0.39 is 0 Å². The smallest absolute Gasteiger partial charge is 0.228 e. The van der Waals surface area contributed by atoms with Crippen LogP contribution in [0.1, 0.15) is 37.1 Å². The molecule has 1 aromatic heterocycles. The van der Waals surface area contributed by atoms with Crippen molar-refractivity contribution in [3.8, 4) is 0 Å². The minimum Gasteiger partial charge on any atom is -0.348 e. The highest BCUT2D eigenvalue weighted by Gasteiger charge is 2.35. The molecule has 5 heteroatoms. The van der Waals surface area contributed by atoms with Gasteiger partial charge in [0.05, 0.1) is 18.4 Å². The van der Waals surface area contributed by atoms with Crippen LogP contribution in [0.2, 0.25) is 0 Å². The fourth-order valence-electron chi connectivity index (χ4n) is 4.40. The van der Waals surface area contributed by atoms with Crippen molar-refractivity contribution < 1.29 is 9.59 Å². The topological polar surface area (TPSA) is 45.6 Å². The number of benzene rings is 1. The van der Waals surface area contributed by atoms with Gasteiger partial charge in [0.25, 0.3) is 0 Å². The normalized spacial score (nSPS) is 22.4. The van der Waals surface area contributed by atoms with E-state index in [1.807, 2.05) is 46.2 Å². The highest BCUT2D eigenvalue weighted by molar-refractivity contribution is 5.82. The van der Waals surface area contributed by atoms with Gasteiger partial charge < -0.3 is 14.4 Å². The van der Waals surface area contributed by atoms with Crippen LogP contribution in [0.5, 0.6) is 0 Å². The minimum absolute atomic E-state index is 0.0811. The number of carbonyl (C=O) groups is 2. The molecule has 0 aliphatic carbocycles. The molecule has 3 heterocycles. The van der Waals surface area contributed by atoms with Crippen molar-refractivity contribution in [3.63, 3.8) is 0 Å². The molecule has 1 fully saturated rings. The average molecular weight is 365 g/mol. The van der Waals surface area contributed by atoms with Gasteiger partial charge in [-0.25, -0.2) is 0 Å². The Kier molecular flexibility index (Phi) is 5.01. The van der Waals surface area contributed by atoms with Crippen molar-refractivity contribution in [2.45, 2.75) is 38.8 Å². The SMILES string of the molecule is CC1c2cccn2CCN1C(=O)C1CCCN(C(=O)Cc2ccccc2)C1. The first-order chi connectivity index (χ1) is 13.1. The molecule has 2 aromatic rings. The number of carbonyl (C=O) groups excluding carboxylic acids is 2. The summed E-state index contributed by atoms with van der Waals surface area (Å²) in [6.45, 7) is 5.00. The van der Waals surface area contributed by atoms with Gasteiger partial charge in [-0.05, 0) is 37.5 Å². The molecule has 1 aromatic carbocycles. The third-order valence-corrected chi connectivity index (χ3v) is 5.95. The fourth-order valence-corrected chi connectivity index (χ4v) is 4.40. The second-order valence-electron chi connectivity index (χ2n) is 7.68. The largest absolute Gasteiger partial charge is 0.348 e. The molecule has 0 bridgehead atoms. The Balaban J connectivity index is 1.41. The van der Waals surface area contributed by atoms with E-state index in [1.165, 1.54) is 5.69 Å². The molecule has 0 N–H and O–H groups in total. The zero-order valence-electron chi connectivity index (χ0n) is 15.9. The molecule has 2 unspecified atom stereocenters. The first-order valence-corrected chi connectivity index (χ1v) is 9.90. The number of nitrogens with zero attached hydrogens (tertiary/aromatic N) is 3. The Morgan fingerprint density at radius 3 is 2.67 bits per heavy atom. The van der Waals surface area contributed by atoms with Crippen LogP contribution in [0, 0.1) is 5.92 Å². The molecule has 2 aliphatic heterocycles. The van der Waals surface area contributed by atoms with Crippen LogP contribution < -0.4 is 0 Å². The van der Waals surface area contributed by atoms with Gasteiger partial charge in [-0.1, -0.05) is 30.3 Å². The van der Waals surface area contributed by atoms with E-state index in [-0.39, 0.29) is 23.8 Å². The lowest BCUT2D eigenvalue weighted by Gasteiger charge is -2.40. The number of rotatable bonds is 3. The van der Waals surface area contributed by atoms with Gasteiger partial charge in [-0.3, -0.25) is 9.59 Å². The number of fused-ring (bicyclic) bond motifs is 1. The molecule has 27 heavy (non-hydrogen) atoms. The van der Waals surface area contributed by atoms with Gasteiger partial charge in [-0.15, -0.1) is 0 Å². The Labute approximate surface area is 160 Å². The van der Waals surface area contributed by atoms with Gasteiger partial charge in [0, 0.05) is 38.1 Å². The Hall–Kier alpha value is -2.56. The van der Waals surface area contributed by atoms with Crippen LogP contribution in [-0.4, -0.2) is 45.8 Å². The lowest BCUT2D eigenvalue weighted by Crippen LogP contribution is -2.49. The number of likely N-dealkylation sites (tertiary alicyclic amines) is 1. The molecule has 0 radical (unpaired) electrons. The van der Waals surface area contributed by atoms with Crippen LogP contribution in [0.3, 0.4) is 0 Å². The van der Waals surface area contributed by atoms with Crippen molar-refractivity contribution in [1.29, 1.82) is 0 Å². The van der Waals surface area contributed by atoms with Crippen molar-refractivity contribution in [2.75, 3.05) is 19.6 Å². The van der Waals surface area contributed by atoms with Crippen LogP contribution >= 0.6 is 0 Å². The van der Waals surface area contributed by atoms with Crippen LogP contribution in [0.4, 0.5) is 0 Å². The first-order valence-electron chi connectivity index (χ1n) is 9.90. The molecule has 2 amide bonds. The Bertz CT molecular complexity index is 814. The van der Waals surface area contributed by atoms with Crippen molar-refractivity contribution in [1.82, 2.24) is 14.4 Å². The van der Waals surface area contributed by atoms with Crippen LogP contribution in [0.25, 0.3) is 0 Å². The number of amides is 2. The van der Waals surface area contributed by atoms with Gasteiger partial charge >= 0.3 is 0 Å². The Morgan fingerprint density at radius 2 is 1.85 bits per heavy atom. The molecular formula is C22H27N3O2. The first kappa shape index (κ1) is 17.8. The quantitative estimate of drug-likeness (QED) is 0.840. The molecule has 142 valence electrons. The lowest BCUT2D eigenvalue weighted by molar-refractivity contribution is -0.143. The predicted molar refractivity (Wildman–Crippen MR) is 104 cm³/mol. The van der Waals surface area contributed by atoms with Crippen molar-refractivity contribution >= 4 is 11.8 Å². The molecule has 2 atom stereocenters. The van der Waals surface area contributed by atoms with E-state index in [4.69, 9.17) is 0 Å². The van der Waals surface area contributed by atoms with Crippen molar-refractivity contribution in [2.24, 2.45) is 5.92 Å². The van der Waals surface area contributed by atoms with E-state index in [0.29, 0.717) is 13.0 Å². The molecule has 0 spiro atoms. The summed E-state index contributed by atoms with van der Waals surface area (Å²) < 4.78 is 2.23. The molecule has 2 aliphatic rings. The highest BCUT2D eigenvalue weighted by atomic mass is 16.2. The third-order valence-electron chi connectivity index (χ3n) is 5.95. The van der Waals surface area contributed by atoms with Crippen molar-refractivity contribution in [3.05, 3.63) is 59.9 Å². The van der Waals surface area contributed by atoms with Gasteiger partial charge in [0.15, 0.2) is 0 Å². The molecule has 4 rings (SSSR count). The van der Waals surface area contributed by atoms with E-state index >= 15 is 0 Å². The van der Waals surface area contributed by atoms with E-state index in [1.54, 1.807) is 0 Å². The van der Waals surface area contributed by atoms with Crippen LogP contribution in [0.15, 0.2) is 48.7 Å². The molecule has 5 nitrogen and oxygen atoms in total. The van der Waals surface area contributed by atoms with Gasteiger partial charge in [-0.2, -0.15) is 0 Å². The number of aromatic nitrogens is 1. The second-order valence-corrected chi connectivity index (χ2v) is 7.68. The molecule has 1 saturated heterocycles. The number of piperidine rings is 1. The summed E-state index contributed by atoms with van der Waals surface area (Å²) in [6.07, 6.45) is 4.27. The zero-order valence-corrected chi connectivity index (χ0v) is 15.9. The fraction of sp³-hybridized carbons (Fsp3) is 0.455. The summed E-state index contributed by atoms with van der Waals surface area (Å²) in [7, 11) is 0. The highest BCUT2D eigenvalue weighted by Crippen LogP contribution is 2.29. The zero-order chi connectivity index (χ0) is 18.8. The summed E-state index contributed by atoms with van der Waals surface area (Å²) in [6, 6.07) is 14.1. The summed E-state index contributed by atoms with van der Waals surface area (Å²) >= 11 is 0. The van der Waals surface area contributed by atoms with Gasteiger partial charge in [0.1, 0.15) is 0 Å². The van der Waals surface area contributed by atoms with E-state index in [2.05, 4.69) is 23.8 Å². The summed E-state index contributed by atoms with van der Waals surface area (Å²) in [5.41, 5.74) is 2.23. The van der Waals surface area contributed by atoms with Gasteiger partial charge in [0.2, 0.25) is 11.8 Å². The van der Waals surface area contributed by atoms with E-state index in [9.17, 15) is 9.59 Å². The maximum atomic E-state index is 13.2. The van der Waals surface area contributed by atoms with E-state index in [0.717, 1.165) is 38.0 Å². The average Bonchev–Trinajstić information content (AvgIpc) is 3.18. The Morgan fingerprint density at radius 1 is 1.04 bits per heavy atom. The second kappa shape index (κ2) is 7.59. The standard InChI is InChI=1S/C22H27N3O2/c1-17-20-10-6-11-23(20)13-14-25(17)22(27)19-9-5-12-24(16-19)21(26)15-18-7-3-2-4-8-18/h2-4,6-8,10-11,17,19H,5,9,12-16H2,1H3. The monoisotopic (exact) mass is 365 g/mol. The summed E-state index contributed by atoms with van der Waals surface area (Å²) in [5, 5.41) is 0. The minimum atomic E-state index is -0.0811. The molecular weight excluding hydrogens is 338 g/mol. The summed E-state index contributed by atoms with van der Waals surface area (Å²) in [4.78, 5) is 29.8. The number of hydrogen-bond acceptors (Lipinski definition) is 2. The summed E-state index contributed by atoms with van der Waals surface area (Å²) in [5.74, 6) is 0.244. The lowest BCUT2D eigenvalue weighted by atomic mass is 9.94. The number of hydrogen-bond donors (Lipinski definition) is 0.